The van der Waals surface area contributed by atoms with Crippen molar-refractivity contribution >= 4 is 16.3 Å². The molecule has 20 heavy (non-hydrogen) atoms. The Kier molecular flexibility index (Phi) is 2.57. The molecule has 0 aliphatic heterocycles. The molecule has 102 valence electrons. The Labute approximate surface area is 119 Å². The maximum absolute atomic E-state index is 13.8. The summed E-state index contributed by atoms with van der Waals surface area (Å²) in [6, 6.07) is 4.96. The third kappa shape index (κ3) is 1.66. The number of thiazole rings is 1. The average molecular weight is 288 g/mol. The lowest BCUT2D eigenvalue weighted by Gasteiger charge is -2.02. The lowest BCUT2D eigenvalue weighted by molar-refractivity contribution is 0.386. The van der Waals surface area contributed by atoms with E-state index >= 15 is 0 Å². The zero-order valence-electron chi connectivity index (χ0n) is 11.0. The SMILES string of the molecule is COc1ccc(-c2cn3c4c(sc3n2)CCC4)cc1F. The molecule has 3 nitrogen and oxygen atoms in total. The Morgan fingerprint density at radius 1 is 1.35 bits per heavy atom. The number of ether oxygens (including phenoxy) is 1. The van der Waals surface area contributed by atoms with Crippen LogP contribution in [0.4, 0.5) is 4.39 Å². The van der Waals surface area contributed by atoms with Crippen molar-refractivity contribution in [3.05, 3.63) is 40.8 Å². The van der Waals surface area contributed by atoms with Crippen LogP contribution in [0, 0.1) is 5.82 Å². The van der Waals surface area contributed by atoms with Crippen LogP contribution in [0.3, 0.4) is 0 Å². The van der Waals surface area contributed by atoms with Gasteiger partial charge in [0.05, 0.1) is 12.8 Å². The molecule has 0 fully saturated rings. The van der Waals surface area contributed by atoms with Crippen LogP contribution in [-0.4, -0.2) is 16.5 Å². The van der Waals surface area contributed by atoms with Gasteiger partial charge in [-0.15, -0.1) is 11.3 Å². The van der Waals surface area contributed by atoms with Gasteiger partial charge in [-0.25, -0.2) is 9.37 Å². The van der Waals surface area contributed by atoms with Gasteiger partial charge in [-0.05, 0) is 37.5 Å². The number of fused-ring (bicyclic) bond motifs is 3. The Balaban J connectivity index is 1.82. The number of nitrogens with zero attached hydrogens (tertiary/aromatic N) is 2. The summed E-state index contributed by atoms with van der Waals surface area (Å²) in [5, 5.41) is 0. The van der Waals surface area contributed by atoms with E-state index in [0.29, 0.717) is 0 Å². The van der Waals surface area contributed by atoms with Crippen molar-refractivity contribution in [3.63, 3.8) is 0 Å². The lowest BCUT2D eigenvalue weighted by Crippen LogP contribution is -1.89. The molecule has 0 unspecified atom stereocenters. The van der Waals surface area contributed by atoms with E-state index in [9.17, 15) is 4.39 Å². The van der Waals surface area contributed by atoms with E-state index in [0.717, 1.165) is 29.1 Å². The third-order valence-corrected chi connectivity index (χ3v) is 4.92. The number of rotatable bonds is 2. The molecular weight excluding hydrogens is 275 g/mol. The first-order valence-electron chi connectivity index (χ1n) is 6.60. The number of aryl methyl sites for hydroxylation is 2. The molecule has 0 spiro atoms. The number of hydrogen-bond acceptors (Lipinski definition) is 3. The van der Waals surface area contributed by atoms with Crippen molar-refractivity contribution in [1.29, 1.82) is 0 Å². The molecule has 0 bridgehead atoms. The molecule has 4 rings (SSSR count). The van der Waals surface area contributed by atoms with E-state index in [1.165, 1.54) is 30.2 Å². The number of aromatic nitrogens is 2. The van der Waals surface area contributed by atoms with Gasteiger partial charge >= 0.3 is 0 Å². The van der Waals surface area contributed by atoms with Crippen molar-refractivity contribution in [1.82, 2.24) is 9.38 Å². The second kappa shape index (κ2) is 4.31. The van der Waals surface area contributed by atoms with Crippen LogP contribution in [0.5, 0.6) is 5.75 Å². The van der Waals surface area contributed by atoms with Gasteiger partial charge in [0.15, 0.2) is 16.5 Å². The zero-order chi connectivity index (χ0) is 13.7. The van der Waals surface area contributed by atoms with Crippen LogP contribution in [0.1, 0.15) is 17.0 Å². The first-order valence-corrected chi connectivity index (χ1v) is 7.41. The second-order valence-corrected chi connectivity index (χ2v) is 6.02. The molecule has 2 aromatic heterocycles. The van der Waals surface area contributed by atoms with E-state index < -0.39 is 0 Å². The highest BCUT2D eigenvalue weighted by Gasteiger charge is 2.19. The van der Waals surface area contributed by atoms with Gasteiger partial charge in [0.1, 0.15) is 0 Å². The summed E-state index contributed by atoms with van der Waals surface area (Å²) in [6.07, 6.45) is 5.51. The second-order valence-electron chi connectivity index (χ2n) is 4.95. The highest BCUT2D eigenvalue weighted by Crippen LogP contribution is 2.33. The van der Waals surface area contributed by atoms with E-state index in [1.54, 1.807) is 17.4 Å². The number of benzene rings is 1. The van der Waals surface area contributed by atoms with Crippen LogP contribution in [0.2, 0.25) is 0 Å². The first kappa shape index (κ1) is 11.9. The fraction of sp³-hybridized carbons (Fsp3) is 0.267. The number of halogens is 1. The Morgan fingerprint density at radius 3 is 3.05 bits per heavy atom. The van der Waals surface area contributed by atoms with Crippen LogP contribution >= 0.6 is 11.3 Å². The summed E-state index contributed by atoms with van der Waals surface area (Å²) < 4.78 is 20.9. The molecule has 2 heterocycles. The molecule has 0 N–H and O–H groups in total. The van der Waals surface area contributed by atoms with Gasteiger partial charge in [-0.1, -0.05) is 0 Å². The predicted molar refractivity (Wildman–Crippen MR) is 77.0 cm³/mol. The first-order chi connectivity index (χ1) is 9.76. The molecule has 1 aliphatic carbocycles. The van der Waals surface area contributed by atoms with Crippen LogP contribution in [-0.2, 0) is 12.8 Å². The molecule has 0 saturated heterocycles. The highest BCUT2D eigenvalue weighted by molar-refractivity contribution is 7.17. The quantitative estimate of drug-likeness (QED) is 0.719. The average Bonchev–Trinajstić information content (AvgIpc) is 3.09. The molecule has 3 aromatic rings. The van der Waals surface area contributed by atoms with E-state index in [-0.39, 0.29) is 11.6 Å². The summed E-state index contributed by atoms with van der Waals surface area (Å²) in [4.78, 5) is 7.06. The largest absolute Gasteiger partial charge is 0.494 e. The fourth-order valence-electron chi connectivity index (χ4n) is 2.77. The number of methoxy groups -OCH3 is 1. The molecule has 0 radical (unpaired) electrons. The van der Waals surface area contributed by atoms with Crippen molar-refractivity contribution < 1.29 is 9.13 Å². The van der Waals surface area contributed by atoms with Crippen molar-refractivity contribution in [2.45, 2.75) is 19.3 Å². The Bertz CT molecular complexity index is 806. The lowest BCUT2D eigenvalue weighted by atomic mass is 10.1. The topological polar surface area (TPSA) is 26.5 Å². The summed E-state index contributed by atoms with van der Waals surface area (Å²) >= 11 is 1.75. The Morgan fingerprint density at radius 2 is 2.25 bits per heavy atom. The van der Waals surface area contributed by atoms with Crippen molar-refractivity contribution in [3.8, 4) is 17.0 Å². The van der Waals surface area contributed by atoms with Gasteiger partial charge in [-0.2, -0.15) is 0 Å². The van der Waals surface area contributed by atoms with Crippen molar-refractivity contribution in [2.24, 2.45) is 0 Å². The van der Waals surface area contributed by atoms with Crippen LogP contribution < -0.4 is 4.74 Å². The summed E-state index contributed by atoms with van der Waals surface area (Å²) in [7, 11) is 1.47. The van der Waals surface area contributed by atoms with E-state index in [4.69, 9.17) is 4.74 Å². The van der Waals surface area contributed by atoms with Crippen LogP contribution in [0.25, 0.3) is 16.2 Å². The molecule has 0 amide bonds. The minimum absolute atomic E-state index is 0.260. The van der Waals surface area contributed by atoms with Gasteiger partial charge in [0.25, 0.3) is 0 Å². The van der Waals surface area contributed by atoms with Gasteiger partial charge < -0.3 is 4.74 Å². The van der Waals surface area contributed by atoms with E-state index in [1.807, 2.05) is 12.3 Å². The van der Waals surface area contributed by atoms with Gasteiger partial charge in [-0.3, -0.25) is 4.40 Å². The molecule has 1 aliphatic rings. The monoisotopic (exact) mass is 288 g/mol. The molecule has 0 saturated carbocycles. The van der Waals surface area contributed by atoms with Gasteiger partial charge in [0, 0.05) is 22.3 Å². The standard InChI is InChI=1S/C15H13FN2OS/c1-19-13-6-5-9(7-10(13)16)11-8-18-12-3-2-4-14(12)20-15(18)17-11/h5-8H,2-4H2,1H3. The maximum Gasteiger partial charge on any atom is 0.194 e. The Hall–Kier alpha value is -1.88. The highest BCUT2D eigenvalue weighted by atomic mass is 32.1. The predicted octanol–water partition coefficient (Wildman–Crippen LogP) is 3.70. The van der Waals surface area contributed by atoms with E-state index in [2.05, 4.69) is 9.38 Å². The number of imidazole rings is 1. The molecule has 5 heteroatoms. The zero-order valence-corrected chi connectivity index (χ0v) is 11.8. The smallest absolute Gasteiger partial charge is 0.194 e. The summed E-state index contributed by atoms with van der Waals surface area (Å²) in [6.45, 7) is 0. The van der Waals surface area contributed by atoms with Gasteiger partial charge in [0.2, 0.25) is 0 Å². The third-order valence-electron chi connectivity index (χ3n) is 3.77. The van der Waals surface area contributed by atoms with Crippen molar-refractivity contribution in [2.75, 3.05) is 7.11 Å². The normalized spacial score (nSPS) is 13.9. The molecular formula is C15H13FN2OS. The fourth-order valence-corrected chi connectivity index (χ4v) is 3.96. The minimum atomic E-state index is -0.355. The summed E-state index contributed by atoms with van der Waals surface area (Å²) in [5.41, 5.74) is 2.97. The molecule has 0 atom stereocenters. The maximum atomic E-state index is 13.8. The molecule has 1 aromatic carbocycles. The minimum Gasteiger partial charge on any atom is -0.494 e. The number of hydrogen-bond donors (Lipinski definition) is 0. The summed E-state index contributed by atoms with van der Waals surface area (Å²) in [5.74, 6) is -0.0951. The van der Waals surface area contributed by atoms with Crippen LogP contribution in [0.15, 0.2) is 24.4 Å².